The van der Waals surface area contributed by atoms with Gasteiger partial charge in [-0.05, 0) is 4.01 Å². The highest BCUT2D eigenvalue weighted by molar-refractivity contribution is 14.2. The van der Waals surface area contributed by atoms with Gasteiger partial charge in [0.05, 0.1) is 9.97 Å². The lowest BCUT2D eigenvalue weighted by Gasteiger charge is -2.01. The molecule has 0 aromatic heterocycles. The molecule has 3 nitrogen and oxygen atoms in total. The molecular weight excluding hydrogens is 219 g/mol. The average Bonchev–Trinajstić information content (AvgIpc) is 2.43. The van der Waals surface area contributed by atoms with Crippen LogP contribution in [0.1, 0.15) is 0 Å². The summed E-state index contributed by atoms with van der Waals surface area (Å²) in [5, 5.41) is 0. The molecular formula is C4H7IN2O. The van der Waals surface area contributed by atoms with Gasteiger partial charge in [-0.1, -0.05) is 0 Å². The van der Waals surface area contributed by atoms with Gasteiger partial charge >= 0.3 is 0 Å². The second-order valence-electron chi connectivity index (χ2n) is 1.62. The normalized spacial score (nSPS) is 28.4. The number of carbonyl (C=O) groups is 1. The van der Waals surface area contributed by atoms with E-state index in [1.54, 1.807) is 0 Å². The molecule has 0 saturated heterocycles. The summed E-state index contributed by atoms with van der Waals surface area (Å²) in [7, 11) is 0. The van der Waals surface area contributed by atoms with E-state index < -0.39 is 0 Å². The summed E-state index contributed by atoms with van der Waals surface area (Å²) in [5.74, 6) is -0.372. The first kappa shape index (κ1) is 6.15. The van der Waals surface area contributed by atoms with Gasteiger partial charge in [-0.3, -0.25) is 4.79 Å². The number of alkyl halides is 1. The van der Waals surface area contributed by atoms with Crippen molar-refractivity contribution < 1.29 is 4.79 Å². The van der Waals surface area contributed by atoms with E-state index >= 15 is 0 Å². The van der Waals surface area contributed by atoms with E-state index in [-0.39, 0.29) is 32.7 Å². The van der Waals surface area contributed by atoms with Gasteiger partial charge in [0.25, 0.3) is 0 Å². The van der Waals surface area contributed by atoms with Crippen molar-refractivity contribution in [1.29, 1.82) is 0 Å². The van der Waals surface area contributed by atoms with Gasteiger partial charge in [0, 0.05) is 0 Å². The number of halogens is 1. The Hall–Kier alpha value is 0.0300. The lowest BCUT2D eigenvalue weighted by atomic mass is 10.2. The van der Waals surface area contributed by atoms with Gasteiger partial charge in [0.2, 0.25) is 5.91 Å². The van der Waals surface area contributed by atoms with Crippen molar-refractivity contribution in [2.75, 3.05) is 0 Å². The van der Waals surface area contributed by atoms with Crippen molar-refractivity contribution in [2.24, 2.45) is 11.5 Å². The Morgan fingerprint density at radius 2 is 2.38 bits per heavy atom. The number of primary amides is 1. The molecule has 1 heterocycles. The molecule has 0 bridgehead atoms. The molecule has 0 aromatic rings. The first-order chi connectivity index (χ1) is 3.72. The summed E-state index contributed by atoms with van der Waals surface area (Å²) >= 11 is 0.149. The smallest absolute Gasteiger partial charge is 0.235 e. The standard InChI is InChI=1S/C4H7IN2O/c6-3(4(7)8)2-1-5-2/h1-3H,6H2,(H2,7,8). The second kappa shape index (κ2) is 2.10. The molecule has 0 saturated carbocycles. The third-order valence-electron chi connectivity index (χ3n) is 0.943. The van der Waals surface area contributed by atoms with Crippen LogP contribution in [0.25, 0.3) is 0 Å². The highest BCUT2D eigenvalue weighted by atomic mass is 127. The zero-order valence-corrected chi connectivity index (χ0v) is 6.33. The predicted octanol–water partition coefficient (Wildman–Crippen LogP) is -1.05. The van der Waals surface area contributed by atoms with Crippen molar-refractivity contribution in [3.8, 4) is 0 Å². The molecule has 1 rings (SSSR count). The fourth-order valence-corrected chi connectivity index (χ4v) is 1.84. The zero-order valence-electron chi connectivity index (χ0n) is 4.17. The van der Waals surface area contributed by atoms with Crippen molar-refractivity contribution in [2.45, 2.75) is 9.97 Å². The summed E-state index contributed by atoms with van der Waals surface area (Å²) in [6.07, 6.45) is 0. The minimum Gasteiger partial charge on any atom is -0.368 e. The molecule has 2 unspecified atom stereocenters. The molecule has 0 radical (unpaired) electrons. The molecule has 46 valence electrons. The second-order valence-corrected chi connectivity index (χ2v) is 4.50. The van der Waals surface area contributed by atoms with Gasteiger partial charge in [-0.2, -0.15) is 0 Å². The van der Waals surface area contributed by atoms with Crippen molar-refractivity contribution in [1.82, 2.24) is 0 Å². The fourth-order valence-electron chi connectivity index (χ4n) is 0.356. The Morgan fingerprint density at radius 1 is 1.88 bits per heavy atom. The molecule has 4 N–H and O–H groups in total. The van der Waals surface area contributed by atoms with E-state index in [1.165, 1.54) is 0 Å². The van der Waals surface area contributed by atoms with Crippen LogP contribution in [0.2, 0.25) is 0 Å². The van der Waals surface area contributed by atoms with E-state index in [2.05, 4.69) is 4.01 Å². The number of carbonyl (C=O) groups excluding carboxylic acids is 1. The van der Waals surface area contributed by atoms with Gasteiger partial charge in [-0.25, -0.2) is 0 Å². The summed E-state index contributed by atoms with van der Waals surface area (Å²) in [4.78, 5) is 10.3. The van der Waals surface area contributed by atoms with Crippen LogP contribution in [0.5, 0.6) is 0 Å². The van der Waals surface area contributed by atoms with Gasteiger partial charge < -0.3 is 11.5 Å². The monoisotopic (exact) mass is 226 g/mol. The molecule has 1 aliphatic heterocycles. The number of hydrogen-bond donors (Lipinski definition) is 2. The van der Waals surface area contributed by atoms with Crippen molar-refractivity contribution >= 4 is 30.6 Å². The Kier molecular flexibility index (Phi) is 1.62. The minimum atomic E-state index is -0.386. The van der Waals surface area contributed by atoms with Crippen LogP contribution >= 0.6 is 20.7 Å². The Bertz CT molecular complexity index is 139. The maximum absolute atomic E-state index is 10.3. The summed E-state index contributed by atoms with van der Waals surface area (Å²) in [6.45, 7) is 0. The van der Waals surface area contributed by atoms with E-state index in [9.17, 15) is 4.79 Å². The third-order valence-corrected chi connectivity index (χ3v) is 3.27. The SMILES string of the molecule is NC(=O)C(N)C1C=I1. The maximum atomic E-state index is 10.3. The highest BCUT2D eigenvalue weighted by Crippen LogP contribution is 2.24. The lowest BCUT2D eigenvalue weighted by Crippen LogP contribution is -2.40. The van der Waals surface area contributed by atoms with Gasteiger partial charge in [0.1, 0.15) is 0 Å². The Labute approximate surface area is 57.2 Å². The molecule has 0 aromatic carbocycles. The number of nitrogens with two attached hydrogens (primary N) is 2. The fraction of sp³-hybridized carbons (Fsp3) is 0.500. The quantitative estimate of drug-likeness (QED) is 0.466. The van der Waals surface area contributed by atoms with Gasteiger partial charge in [-0.15, -0.1) is 20.7 Å². The average molecular weight is 226 g/mol. The Morgan fingerprint density at radius 3 is 2.50 bits per heavy atom. The Balaban J connectivity index is 2.34. The first-order valence-corrected chi connectivity index (χ1v) is 4.71. The van der Waals surface area contributed by atoms with E-state index in [0.29, 0.717) is 3.92 Å². The largest absolute Gasteiger partial charge is 0.368 e. The third kappa shape index (κ3) is 1.25. The van der Waals surface area contributed by atoms with E-state index in [0.717, 1.165) is 0 Å². The number of rotatable bonds is 2. The van der Waals surface area contributed by atoms with E-state index in [1.807, 2.05) is 0 Å². The molecule has 0 spiro atoms. The topological polar surface area (TPSA) is 69.1 Å². The maximum Gasteiger partial charge on any atom is 0.235 e. The van der Waals surface area contributed by atoms with Crippen LogP contribution in [-0.4, -0.2) is 19.9 Å². The molecule has 0 aliphatic carbocycles. The summed E-state index contributed by atoms with van der Waals surface area (Å²) < 4.78 is 2.47. The lowest BCUT2D eigenvalue weighted by molar-refractivity contribution is -0.118. The minimum absolute atomic E-state index is 0.149. The van der Waals surface area contributed by atoms with Gasteiger partial charge in [0.15, 0.2) is 0 Å². The summed E-state index contributed by atoms with van der Waals surface area (Å²) in [6, 6.07) is -0.386. The van der Waals surface area contributed by atoms with Crippen LogP contribution in [0.4, 0.5) is 0 Å². The van der Waals surface area contributed by atoms with Crippen molar-refractivity contribution in [3.05, 3.63) is 0 Å². The molecule has 8 heavy (non-hydrogen) atoms. The molecule has 0 fully saturated rings. The van der Waals surface area contributed by atoms with Crippen molar-refractivity contribution in [3.63, 3.8) is 0 Å². The van der Waals surface area contributed by atoms with Crippen LogP contribution in [0.3, 0.4) is 0 Å². The molecule has 1 amide bonds. The van der Waals surface area contributed by atoms with Crippen LogP contribution in [-0.2, 0) is 4.79 Å². The number of amides is 1. The molecule has 4 heteroatoms. The van der Waals surface area contributed by atoms with Crippen LogP contribution in [0.15, 0.2) is 0 Å². The van der Waals surface area contributed by atoms with Crippen LogP contribution < -0.4 is 11.5 Å². The van der Waals surface area contributed by atoms with E-state index in [4.69, 9.17) is 11.5 Å². The summed E-state index contributed by atoms with van der Waals surface area (Å²) in [5.41, 5.74) is 10.3. The zero-order chi connectivity index (χ0) is 6.15. The van der Waals surface area contributed by atoms with Crippen LogP contribution in [0, 0.1) is 0 Å². The molecule has 2 atom stereocenters. The molecule has 1 aliphatic rings. The predicted molar refractivity (Wildman–Crippen MR) is 41.0 cm³/mol. The number of hydrogen-bond acceptors (Lipinski definition) is 2. The first-order valence-electron chi connectivity index (χ1n) is 2.22. The highest BCUT2D eigenvalue weighted by Gasteiger charge is 2.25.